The summed E-state index contributed by atoms with van der Waals surface area (Å²) in [4.78, 5) is 28.9. The number of methoxy groups -OCH3 is 1. The summed E-state index contributed by atoms with van der Waals surface area (Å²) < 4.78 is 17.6. The Kier molecular flexibility index (Phi) is 8.72. The van der Waals surface area contributed by atoms with Gasteiger partial charge < -0.3 is 24.3 Å². The van der Waals surface area contributed by atoms with E-state index in [-0.39, 0.29) is 29.8 Å². The van der Waals surface area contributed by atoms with E-state index >= 15 is 0 Å². The quantitative estimate of drug-likeness (QED) is 0.512. The van der Waals surface area contributed by atoms with Crippen molar-refractivity contribution in [3.63, 3.8) is 0 Å². The zero-order valence-corrected chi connectivity index (χ0v) is 20.7. The Morgan fingerprint density at radius 1 is 1.24 bits per heavy atom. The number of rotatable bonds is 10. The number of carboxylic acid groups (broad SMARTS) is 1. The molecule has 1 aliphatic rings. The summed E-state index contributed by atoms with van der Waals surface area (Å²) in [6, 6.07) is 6.69. The molecule has 1 fully saturated rings. The van der Waals surface area contributed by atoms with Gasteiger partial charge in [0, 0.05) is 17.4 Å². The van der Waals surface area contributed by atoms with Crippen LogP contribution in [-0.2, 0) is 20.9 Å². The lowest BCUT2D eigenvalue weighted by Gasteiger charge is -2.29. The molecule has 3 atom stereocenters. The Balaban J connectivity index is 1.65. The molecule has 2 N–H and O–H groups in total. The van der Waals surface area contributed by atoms with E-state index in [1.807, 2.05) is 38.1 Å². The molecule has 34 heavy (non-hydrogen) atoms. The highest BCUT2D eigenvalue weighted by Gasteiger charge is 2.32. The maximum atomic E-state index is 12.7. The minimum absolute atomic E-state index is 0.0937. The molecular weight excluding hydrogens is 436 g/mol. The van der Waals surface area contributed by atoms with Gasteiger partial charge in [0.15, 0.2) is 0 Å². The first-order valence-electron chi connectivity index (χ1n) is 12.0. The minimum Gasteiger partial charge on any atom is -0.497 e. The van der Waals surface area contributed by atoms with Crippen molar-refractivity contribution >= 4 is 11.9 Å². The van der Waals surface area contributed by atoms with E-state index in [0.717, 1.165) is 42.0 Å². The highest BCUT2D eigenvalue weighted by Crippen LogP contribution is 2.31. The van der Waals surface area contributed by atoms with Crippen LogP contribution in [0.5, 0.6) is 5.75 Å². The van der Waals surface area contributed by atoms with Gasteiger partial charge in [-0.1, -0.05) is 40.2 Å². The van der Waals surface area contributed by atoms with Gasteiger partial charge in [0.1, 0.15) is 23.2 Å². The van der Waals surface area contributed by atoms with Crippen LogP contribution in [0.25, 0.3) is 11.5 Å². The second kappa shape index (κ2) is 11.5. The SMILES string of the molecule is COc1cccc(-c2nc(CO[C@@H]3CCC[C@H](C(=O)N[C@H](C(=O)O)C(C)C)C3)c(C(C)C)o2)c1. The maximum Gasteiger partial charge on any atom is 0.326 e. The van der Waals surface area contributed by atoms with E-state index in [1.54, 1.807) is 21.0 Å². The summed E-state index contributed by atoms with van der Waals surface area (Å²) in [7, 11) is 1.62. The number of aliphatic carboxylic acids is 1. The number of oxazole rings is 1. The second-order valence-electron chi connectivity index (χ2n) is 9.58. The van der Waals surface area contributed by atoms with Crippen LogP contribution >= 0.6 is 0 Å². The number of hydrogen-bond donors (Lipinski definition) is 2. The molecule has 1 saturated carbocycles. The molecule has 0 unspecified atom stereocenters. The van der Waals surface area contributed by atoms with E-state index in [0.29, 0.717) is 18.9 Å². The molecule has 8 nitrogen and oxygen atoms in total. The number of nitrogens with zero attached hydrogens (tertiary/aromatic N) is 1. The zero-order chi connectivity index (χ0) is 24.8. The first-order chi connectivity index (χ1) is 16.2. The summed E-state index contributed by atoms with van der Waals surface area (Å²) in [5.74, 6) is 0.517. The molecular formula is C26H36N2O6. The largest absolute Gasteiger partial charge is 0.497 e. The first kappa shape index (κ1) is 25.7. The molecule has 0 spiro atoms. The Hall–Kier alpha value is -2.87. The average Bonchev–Trinajstić information content (AvgIpc) is 3.25. The van der Waals surface area contributed by atoms with Crippen LogP contribution in [0, 0.1) is 11.8 Å². The second-order valence-corrected chi connectivity index (χ2v) is 9.58. The minimum atomic E-state index is -1.01. The van der Waals surface area contributed by atoms with E-state index in [9.17, 15) is 14.7 Å². The molecule has 8 heteroatoms. The Bertz CT molecular complexity index is 983. The van der Waals surface area contributed by atoms with Crippen LogP contribution in [0.15, 0.2) is 28.7 Å². The van der Waals surface area contributed by atoms with Crippen LogP contribution in [-0.4, -0.2) is 41.2 Å². The van der Waals surface area contributed by atoms with Crippen molar-refractivity contribution in [3.05, 3.63) is 35.7 Å². The van der Waals surface area contributed by atoms with Crippen LogP contribution < -0.4 is 10.1 Å². The maximum absolute atomic E-state index is 12.7. The third kappa shape index (κ3) is 6.38. The standard InChI is InChI=1S/C26H36N2O6/c1-15(2)22(26(30)31)28-24(29)17-8-6-11-20(12-17)33-14-21-23(16(3)4)34-25(27-21)18-9-7-10-19(13-18)32-5/h7,9-10,13,15-17,20,22H,6,8,11-12,14H2,1-5H3,(H,28,29)(H,30,31)/t17-,20+,22-/m0/s1. The van der Waals surface area contributed by atoms with Crippen LogP contribution in [0.4, 0.5) is 0 Å². The Morgan fingerprint density at radius 3 is 2.65 bits per heavy atom. The topological polar surface area (TPSA) is 111 Å². The van der Waals surface area contributed by atoms with Crippen molar-refractivity contribution in [2.24, 2.45) is 11.8 Å². The lowest BCUT2D eigenvalue weighted by Crippen LogP contribution is -2.47. The normalized spacial score (nSPS) is 19.3. The molecule has 0 saturated heterocycles. The molecule has 0 bridgehead atoms. The molecule has 1 aromatic heterocycles. The van der Waals surface area contributed by atoms with Crippen molar-refractivity contribution in [1.82, 2.24) is 10.3 Å². The molecule has 2 aromatic rings. The van der Waals surface area contributed by atoms with Gasteiger partial charge in [-0.25, -0.2) is 9.78 Å². The van der Waals surface area contributed by atoms with Gasteiger partial charge in [-0.15, -0.1) is 0 Å². The lowest BCUT2D eigenvalue weighted by atomic mass is 9.86. The molecule has 0 radical (unpaired) electrons. The van der Waals surface area contributed by atoms with E-state index in [4.69, 9.17) is 18.9 Å². The van der Waals surface area contributed by atoms with Crippen LogP contribution in [0.1, 0.15) is 70.8 Å². The lowest BCUT2D eigenvalue weighted by molar-refractivity contribution is -0.144. The van der Waals surface area contributed by atoms with Gasteiger partial charge in [-0.3, -0.25) is 4.79 Å². The number of hydrogen-bond acceptors (Lipinski definition) is 6. The summed E-state index contributed by atoms with van der Waals surface area (Å²) in [6.45, 7) is 7.97. The number of carboxylic acids is 1. The van der Waals surface area contributed by atoms with Crippen LogP contribution in [0.3, 0.4) is 0 Å². The number of benzene rings is 1. The smallest absolute Gasteiger partial charge is 0.326 e. The third-order valence-corrected chi connectivity index (χ3v) is 6.25. The Labute approximate surface area is 201 Å². The van der Waals surface area contributed by atoms with Gasteiger partial charge in [0.2, 0.25) is 11.8 Å². The van der Waals surface area contributed by atoms with Gasteiger partial charge in [-0.2, -0.15) is 0 Å². The number of aromatic nitrogens is 1. The van der Waals surface area contributed by atoms with Crippen molar-refractivity contribution in [1.29, 1.82) is 0 Å². The average molecular weight is 473 g/mol. The van der Waals surface area contributed by atoms with Gasteiger partial charge in [0.05, 0.1) is 19.8 Å². The summed E-state index contributed by atoms with van der Waals surface area (Å²) in [5.41, 5.74) is 1.59. The van der Waals surface area contributed by atoms with Gasteiger partial charge in [-0.05, 0) is 43.4 Å². The van der Waals surface area contributed by atoms with Crippen molar-refractivity contribution < 1.29 is 28.6 Å². The third-order valence-electron chi connectivity index (χ3n) is 6.25. The van der Waals surface area contributed by atoms with Gasteiger partial charge in [0.25, 0.3) is 0 Å². The number of carbonyl (C=O) groups is 2. The fraction of sp³-hybridized carbons (Fsp3) is 0.577. The fourth-order valence-corrected chi connectivity index (χ4v) is 4.31. The predicted molar refractivity (Wildman–Crippen MR) is 128 cm³/mol. The zero-order valence-electron chi connectivity index (χ0n) is 20.7. The van der Waals surface area contributed by atoms with Crippen molar-refractivity contribution in [2.75, 3.05) is 7.11 Å². The van der Waals surface area contributed by atoms with Crippen molar-refractivity contribution in [2.45, 2.75) is 78.0 Å². The van der Waals surface area contributed by atoms with E-state index < -0.39 is 12.0 Å². The Morgan fingerprint density at radius 2 is 2.00 bits per heavy atom. The summed E-state index contributed by atoms with van der Waals surface area (Å²) >= 11 is 0. The monoisotopic (exact) mass is 472 g/mol. The molecule has 1 aliphatic carbocycles. The molecule has 1 amide bonds. The highest BCUT2D eigenvalue weighted by atomic mass is 16.5. The number of nitrogens with one attached hydrogen (secondary N) is 1. The molecule has 1 aromatic carbocycles. The number of amides is 1. The summed E-state index contributed by atoms with van der Waals surface area (Å²) in [5, 5.41) is 12.1. The highest BCUT2D eigenvalue weighted by molar-refractivity contribution is 5.85. The predicted octanol–water partition coefficient (Wildman–Crippen LogP) is 4.77. The molecule has 1 heterocycles. The van der Waals surface area contributed by atoms with E-state index in [1.165, 1.54) is 0 Å². The van der Waals surface area contributed by atoms with Gasteiger partial charge >= 0.3 is 5.97 Å². The first-order valence-corrected chi connectivity index (χ1v) is 12.0. The molecule has 0 aliphatic heterocycles. The summed E-state index contributed by atoms with van der Waals surface area (Å²) in [6.07, 6.45) is 2.91. The number of ether oxygens (including phenoxy) is 2. The molecule has 186 valence electrons. The van der Waals surface area contributed by atoms with Crippen molar-refractivity contribution in [3.8, 4) is 17.2 Å². The fourth-order valence-electron chi connectivity index (χ4n) is 4.31. The van der Waals surface area contributed by atoms with Crippen LogP contribution in [0.2, 0.25) is 0 Å². The molecule has 3 rings (SSSR count). The number of carbonyl (C=O) groups excluding carboxylic acids is 1. The van der Waals surface area contributed by atoms with E-state index in [2.05, 4.69) is 5.32 Å².